The van der Waals surface area contributed by atoms with Crippen molar-refractivity contribution < 1.29 is 21.6 Å². The third-order valence-electron chi connectivity index (χ3n) is 2.37. The SMILES string of the molecule is Cc1c(NCCSC(F)(F)F)cc(N)cc1S(N)(=O)=O. The molecule has 10 heteroatoms. The second-order valence-electron chi connectivity index (χ2n) is 3.96. The van der Waals surface area contributed by atoms with E-state index in [-0.39, 0.29) is 34.6 Å². The first-order valence-corrected chi connectivity index (χ1v) is 7.91. The summed E-state index contributed by atoms with van der Waals surface area (Å²) in [5.41, 5.74) is 2.08. The van der Waals surface area contributed by atoms with Crippen LogP contribution in [0.4, 0.5) is 24.5 Å². The Morgan fingerprint density at radius 3 is 2.45 bits per heavy atom. The van der Waals surface area contributed by atoms with E-state index < -0.39 is 15.5 Å². The van der Waals surface area contributed by atoms with Gasteiger partial charge in [-0.2, -0.15) is 13.2 Å². The van der Waals surface area contributed by atoms with Gasteiger partial charge in [0.1, 0.15) is 0 Å². The van der Waals surface area contributed by atoms with E-state index in [1.54, 1.807) is 0 Å². The summed E-state index contributed by atoms with van der Waals surface area (Å²) in [6.45, 7) is 1.51. The van der Waals surface area contributed by atoms with E-state index in [0.717, 1.165) is 0 Å². The number of nitrogens with two attached hydrogens (primary N) is 2. The number of primary sulfonamides is 1. The molecule has 0 aliphatic heterocycles. The van der Waals surface area contributed by atoms with Crippen LogP contribution < -0.4 is 16.2 Å². The second kappa shape index (κ2) is 6.10. The van der Waals surface area contributed by atoms with Crippen LogP contribution in [0.2, 0.25) is 0 Å². The fraction of sp³-hybridized carbons (Fsp3) is 0.400. The normalized spacial score (nSPS) is 12.4. The summed E-state index contributed by atoms with van der Waals surface area (Å²) in [5, 5.41) is 7.76. The van der Waals surface area contributed by atoms with Gasteiger partial charge in [-0.05, 0) is 36.4 Å². The van der Waals surface area contributed by atoms with E-state index in [1.165, 1.54) is 19.1 Å². The summed E-state index contributed by atoms with van der Waals surface area (Å²) in [6, 6.07) is 2.66. The van der Waals surface area contributed by atoms with Crippen LogP contribution in [0.3, 0.4) is 0 Å². The smallest absolute Gasteiger partial charge is 0.399 e. The van der Waals surface area contributed by atoms with E-state index in [2.05, 4.69) is 5.32 Å². The van der Waals surface area contributed by atoms with Crippen molar-refractivity contribution in [2.45, 2.75) is 17.3 Å². The van der Waals surface area contributed by atoms with Crippen molar-refractivity contribution in [2.75, 3.05) is 23.3 Å². The molecule has 5 N–H and O–H groups in total. The molecule has 0 saturated heterocycles. The summed E-state index contributed by atoms with van der Waals surface area (Å²) in [5.74, 6) is -0.206. The molecule has 114 valence electrons. The van der Waals surface area contributed by atoms with Crippen molar-refractivity contribution in [3.8, 4) is 0 Å². The van der Waals surface area contributed by atoms with E-state index in [4.69, 9.17) is 10.9 Å². The van der Waals surface area contributed by atoms with Crippen molar-refractivity contribution in [1.29, 1.82) is 0 Å². The van der Waals surface area contributed by atoms with Crippen molar-refractivity contribution in [3.63, 3.8) is 0 Å². The average molecular weight is 329 g/mol. The molecule has 0 amide bonds. The molecule has 0 fully saturated rings. The Bertz CT molecular complexity index is 588. The van der Waals surface area contributed by atoms with Crippen molar-refractivity contribution in [2.24, 2.45) is 5.14 Å². The molecule has 1 aromatic carbocycles. The third kappa shape index (κ3) is 5.10. The highest BCUT2D eigenvalue weighted by Crippen LogP contribution is 2.30. The van der Waals surface area contributed by atoms with Crippen LogP contribution >= 0.6 is 11.8 Å². The first-order chi connectivity index (χ1) is 9.00. The highest BCUT2D eigenvalue weighted by Gasteiger charge is 2.27. The molecular weight excluding hydrogens is 315 g/mol. The highest BCUT2D eigenvalue weighted by molar-refractivity contribution is 8.00. The largest absolute Gasteiger partial charge is 0.441 e. The van der Waals surface area contributed by atoms with Gasteiger partial charge in [-0.25, -0.2) is 13.6 Å². The Balaban J connectivity index is 2.84. The molecule has 5 nitrogen and oxygen atoms in total. The molecule has 0 radical (unpaired) electrons. The van der Waals surface area contributed by atoms with Gasteiger partial charge in [-0.15, -0.1) is 0 Å². The van der Waals surface area contributed by atoms with Crippen LogP contribution in [0.15, 0.2) is 17.0 Å². The Labute approximate surface area is 119 Å². The number of benzene rings is 1. The van der Waals surface area contributed by atoms with Crippen molar-refractivity contribution >= 4 is 33.2 Å². The first kappa shape index (κ1) is 16.9. The van der Waals surface area contributed by atoms with E-state index in [1.807, 2.05) is 0 Å². The monoisotopic (exact) mass is 329 g/mol. The number of anilines is 2. The number of hydrogen-bond acceptors (Lipinski definition) is 5. The summed E-state index contributed by atoms with van der Waals surface area (Å²) < 4.78 is 58.6. The Kier molecular flexibility index (Phi) is 5.16. The molecular formula is C10H14F3N3O2S2. The fourth-order valence-electron chi connectivity index (χ4n) is 1.54. The maximum absolute atomic E-state index is 12.0. The molecule has 0 heterocycles. The van der Waals surface area contributed by atoms with Crippen LogP contribution in [-0.2, 0) is 10.0 Å². The molecule has 0 spiro atoms. The van der Waals surface area contributed by atoms with Gasteiger partial charge in [-0.1, -0.05) is 0 Å². The number of halogens is 3. The van der Waals surface area contributed by atoms with Gasteiger partial charge in [0.25, 0.3) is 0 Å². The van der Waals surface area contributed by atoms with Gasteiger partial charge < -0.3 is 11.1 Å². The minimum absolute atomic E-state index is 0.0124. The van der Waals surface area contributed by atoms with Gasteiger partial charge in [0.05, 0.1) is 4.90 Å². The second-order valence-corrected chi connectivity index (χ2v) is 6.65. The number of alkyl halides is 3. The molecule has 0 bridgehead atoms. The molecule has 0 unspecified atom stereocenters. The zero-order valence-corrected chi connectivity index (χ0v) is 12.1. The summed E-state index contributed by atoms with van der Waals surface area (Å²) in [7, 11) is -3.94. The van der Waals surface area contributed by atoms with E-state index in [9.17, 15) is 21.6 Å². The minimum atomic E-state index is -4.29. The molecule has 0 aliphatic carbocycles. The molecule has 0 aliphatic rings. The predicted molar refractivity (Wildman–Crippen MR) is 74.0 cm³/mol. The first-order valence-electron chi connectivity index (χ1n) is 5.38. The molecule has 0 saturated carbocycles. The quantitative estimate of drug-likeness (QED) is 0.566. The molecule has 20 heavy (non-hydrogen) atoms. The minimum Gasteiger partial charge on any atom is -0.399 e. The van der Waals surface area contributed by atoms with Crippen LogP contribution in [0.25, 0.3) is 0 Å². The summed E-state index contributed by atoms with van der Waals surface area (Å²) in [4.78, 5) is -0.150. The van der Waals surface area contributed by atoms with Gasteiger partial charge in [0.15, 0.2) is 0 Å². The van der Waals surface area contributed by atoms with Crippen LogP contribution in [0.5, 0.6) is 0 Å². The van der Waals surface area contributed by atoms with Gasteiger partial charge in [0, 0.05) is 23.7 Å². The lowest BCUT2D eigenvalue weighted by Crippen LogP contribution is -2.16. The number of thioether (sulfide) groups is 1. The average Bonchev–Trinajstić information content (AvgIpc) is 2.25. The molecule has 0 aromatic heterocycles. The number of nitrogens with one attached hydrogen (secondary N) is 1. The number of nitrogen functional groups attached to an aromatic ring is 1. The summed E-state index contributed by atoms with van der Waals surface area (Å²) in [6.07, 6.45) is 0. The van der Waals surface area contributed by atoms with Crippen molar-refractivity contribution in [1.82, 2.24) is 0 Å². The predicted octanol–water partition coefficient (Wildman–Crippen LogP) is 1.89. The maximum atomic E-state index is 12.0. The maximum Gasteiger partial charge on any atom is 0.441 e. The lowest BCUT2D eigenvalue weighted by atomic mass is 10.2. The van der Waals surface area contributed by atoms with E-state index >= 15 is 0 Å². The zero-order valence-electron chi connectivity index (χ0n) is 10.5. The van der Waals surface area contributed by atoms with E-state index in [0.29, 0.717) is 11.3 Å². The van der Waals surface area contributed by atoms with Crippen LogP contribution in [0, 0.1) is 6.92 Å². The van der Waals surface area contributed by atoms with Crippen molar-refractivity contribution in [3.05, 3.63) is 17.7 Å². The fourth-order valence-corrected chi connectivity index (χ4v) is 2.81. The topological polar surface area (TPSA) is 98.2 Å². The lowest BCUT2D eigenvalue weighted by molar-refractivity contribution is -0.0327. The van der Waals surface area contributed by atoms with Crippen LogP contribution in [0.1, 0.15) is 5.56 Å². The van der Waals surface area contributed by atoms with Crippen LogP contribution in [-0.4, -0.2) is 26.2 Å². The number of hydrogen-bond donors (Lipinski definition) is 3. The van der Waals surface area contributed by atoms with Gasteiger partial charge in [-0.3, -0.25) is 0 Å². The standard InChI is InChI=1S/C10H14F3N3O2S2/c1-6-8(16-2-3-19-10(11,12)13)4-7(14)5-9(6)20(15,17)18/h4-5,16H,2-3,14H2,1H3,(H2,15,17,18). The molecule has 1 aromatic rings. The zero-order chi connectivity index (χ0) is 15.6. The summed E-state index contributed by atoms with van der Waals surface area (Å²) >= 11 is -0.164. The molecule has 1 rings (SSSR count). The Hall–Kier alpha value is -1.13. The Morgan fingerprint density at radius 2 is 1.95 bits per heavy atom. The van der Waals surface area contributed by atoms with Gasteiger partial charge >= 0.3 is 5.51 Å². The number of rotatable bonds is 5. The van der Waals surface area contributed by atoms with Gasteiger partial charge in [0.2, 0.25) is 10.0 Å². The Morgan fingerprint density at radius 1 is 1.35 bits per heavy atom. The number of sulfonamides is 1. The molecule has 0 atom stereocenters. The third-order valence-corrected chi connectivity index (χ3v) is 4.14. The lowest BCUT2D eigenvalue weighted by Gasteiger charge is -2.14. The highest BCUT2D eigenvalue weighted by atomic mass is 32.2.